The van der Waals surface area contributed by atoms with Crippen LogP contribution in [0.15, 0.2) is 23.9 Å². The molecule has 0 fully saturated rings. The van der Waals surface area contributed by atoms with Gasteiger partial charge in [-0.3, -0.25) is 0 Å². The molecule has 0 radical (unpaired) electrons. The van der Waals surface area contributed by atoms with Crippen LogP contribution >= 0.6 is 15.9 Å². The largest absolute Gasteiger partial charge is 0.391 e. The van der Waals surface area contributed by atoms with Gasteiger partial charge in [0.15, 0.2) is 0 Å². The van der Waals surface area contributed by atoms with Gasteiger partial charge in [0.1, 0.15) is 0 Å². The summed E-state index contributed by atoms with van der Waals surface area (Å²) < 4.78 is 0. The molecule has 0 aromatic rings. The maximum atomic E-state index is 7.60. The van der Waals surface area contributed by atoms with Crippen LogP contribution in [0.5, 0.6) is 0 Å². The summed E-state index contributed by atoms with van der Waals surface area (Å²) in [6.45, 7) is 2.96. The summed E-state index contributed by atoms with van der Waals surface area (Å²) in [6.07, 6.45) is 6.68. The van der Waals surface area contributed by atoms with Gasteiger partial charge in [0, 0.05) is 17.6 Å². The fourth-order valence-corrected chi connectivity index (χ4v) is 1.56. The van der Waals surface area contributed by atoms with Gasteiger partial charge in [0.05, 0.1) is 5.71 Å². The van der Waals surface area contributed by atoms with E-state index < -0.39 is 0 Å². The first kappa shape index (κ1) is 9.52. The van der Waals surface area contributed by atoms with E-state index in [9.17, 15) is 0 Å². The molecule has 0 aliphatic heterocycles. The minimum Gasteiger partial charge on any atom is -0.391 e. The summed E-state index contributed by atoms with van der Waals surface area (Å²) in [7, 11) is 0. The maximum Gasteiger partial charge on any atom is 0.0583 e. The molecule has 0 bridgehead atoms. The number of rotatable bonds is 2. The summed E-state index contributed by atoms with van der Waals surface area (Å²) in [6, 6.07) is 0. The third kappa shape index (κ3) is 2.48. The molecule has 1 unspecified atom stereocenters. The van der Waals surface area contributed by atoms with Crippen molar-refractivity contribution in [2.24, 2.45) is 0 Å². The first-order valence-corrected chi connectivity index (χ1v) is 4.99. The Hall–Kier alpha value is -0.570. The van der Waals surface area contributed by atoms with Crippen molar-refractivity contribution in [3.05, 3.63) is 23.9 Å². The molecule has 0 saturated carbocycles. The zero-order chi connectivity index (χ0) is 8.97. The molecule has 1 aliphatic rings. The van der Waals surface area contributed by atoms with Crippen LogP contribution in [0.3, 0.4) is 0 Å². The highest BCUT2D eigenvalue weighted by Crippen LogP contribution is 2.19. The van der Waals surface area contributed by atoms with E-state index in [0.717, 1.165) is 18.5 Å². The number of nitrogens with one attached hydrogen (secondary N) is 2. The van der Waals surface area contributed by atoms with Gasteiger partial charge in [-0.2, -0.15) is 0 Å². The molecule has 0 aromatic carbocycles. The van der Waals surface area contributed by atoms with Crippen molar-refractivity contribution in [2.75, 3.05) is 6.54 Å². The molecular formula is C9H13BrN2. The Labute approximate surface area is 81.4 Å². The standard InChI is InChI=1S/C9H13BrN2/c1-2-12-6-7-5-8(10)3-4-9(7)11/h3-4,6,8,11-12H,2,5H2,1H3/b7-6-,11-9?. The van der Waals surface area contributed by atoms with Gasteiger partial charge in [-0.1, -0.05) is 22.0 Å². The minimum atomic E-state index is 0.386. The Kier molecular flexibility index (Phi) is 3.53. The predicted octanol–water partition coefficient (Wildman–Crippen LogP) is 2.22. The van der Waals surface area contributed by atoms with Crippen molar-refractivity contribution in [1.82, 2.24) is 5.32 Å². The van der Waals surface area contributed by atoms with E-state index in [0.29, 0.717) is 10.5 Å². The van der Waals surface area contributed by atoms with Crippen LogP contribution in [0.4, 0.5) is 0 Å². The molecule has 0 heterocycles. The normalized spacial score (nSPS) is 26.3. The van der Waals surface area contributed by atoms with E-state index in [-0.39, 0.29) is 0 Å². The molecule has 3 heteroatoms. The minimum absolute atomic E-state index is 0.386. The van der Waals surface area contributed by atoms with Crippen LogP contribution in [-0.2, 0) is 0 Å². The first-order valence-electron chi connectivity index (χ1n) is 4.07. The van der Waals surface area contributed by atoms with Crippen LogP contribution in [0.25, 0.3) is 0 Å². The lowest BCUT2D eigenvalue weighted by Crippen LogP contribution is -2.14. The number of hydrogen-bond donors (Lipinski definition) is 2. The lowest BCUT2D eigenvalue weighted by molar-refractivity contribution is 0.896. The lowest BCUT2D eigenvalue weighted by atomic mass is 10.0. The Morgan fingerprint density at radius 1 is 1.83 bits per heavy atom. The van der Waals surface area contributed by atoms with Crippen molar-refractivity contribution in [2.45, 2.75) is 18.2 Å². The number of alkyl halides is 1. The van der Waals surface area contributed by atoms with E-state index in [1.165, 1.54) is 0 Å². The monoisotopic (exact) mass is 228 g/mol. The quantitative estimate of drug-likeness (QED) is 0.700. The van der Waals surface area contributed by atoms with Gasteiger partial charge in [0.25, 0.3) is 0 Å². The average molecular weight is 229 g/mol. The highest BCUT2D eigenvalue weighted by atomic mass is 79.9. The lowest BCUT2D eigenvalue weighted by Gasteiger charge is -2.14. The highest BCUT2D eigenvalue weighted by molar-refractivity contribution is 9.09. The van der Waals surface area contributed by atoms with Gasteiger partial charge >= 0.3 is 0 Å². The van der Waals surface area contributed by atoms with Crippen molar-refractivity contribution < 1.29 is 0 Å². The second kappa shape index (κ2) is 4.45. The molecule has 0 spiro atoms. The van der Waals surface area contributed by atoms with Gasteiger partial charge in [-0.15, -0.1) is 0 Å². The third-order valence-electron chi connectivity index (χ3n) is 1.71. The molecule has 1 rings (SSSR count). The van der Waals surface area contributed by atoms with Gasteiger partial charge in [0.2, 0.25) is 0 Å². The van der Waals surface area contributed by atoms with E-state index >= 15 is 0 Å². The van der Waals surface area contributed by atoms with Crippen LogP contribution in [0.2, 0.25) is 0 Å². The Morgan fingerprint density at radius 3 is 3.25 bits per heavy atom. The summed E-state index contributed by atoms with van der Waals surface area (Å²) >= 11 is 3.50. The smallest absolute Gasteiger partial charge is 0.0583 e. The average Bonchev–Trinajstić information content (AvgIpc) is 2.07. The second-order valence-electron chi connectivity index (χ2n) is 2.72. The fourth-order valence-electron chi connectivity index (χ4n) is 1.06. The zero-order valence-corrected chi connectivity index (χ0v) is 8.69. The molecular weight excluding hydrogens is 216 g/mol. The molecule has 1 aliphatic carbocycles. The Morgan fingerprint density at radius 2 is 2.58 bits per heavy atom. The van der Waals surface area contributed by atoms with Crippen LogP contribution in [0, 0.1) is 5.41 Å². The molecule has 12 heavy (non-hydrogen) atoms. The predicted molar refractivity (Wildman–Crippen MR) is 56.0 cm³/mol. The third-order valence-corrected chi connectivity index (χ3v) is 2.34. The highest BCUT2D eigenvalue weighted by Gasteiger charge is 2.12. The zero-order valence-electron chi connectivity index (χ0n) is 7.10. The van der Waals surface area contributed by atoms with E-state index in [1.807, 2.05) is 25.3 Å². The first-order chi connectivity index (χ1) is 5.74. The van der Waals surface area contributed by atoms with Crippen LogP contribution in [-0.4, -0.2) is 17.1 Å². The Balaban J connectivity index is 2.65. The van der Waals surface area contributed by atoms with E-state index in [4.69, 9.17) is 5.41 Å². The molecule has 0 amide bonds. The van der Waals surface area contributed by atoms with E-state index in [2.05, 4.69) is 21.2 Å². The van der Waals surface area contributed by atoms with Gasteiger partial charge < -0.3 is 10.7 Å². The topological polar surface area (TPSA) is 35.9 Å². The second-order valence-corrected chi connectivity index (χ2v) is 3.90. The van der Waals surface area contributed by atoms with Crippen LogP contribution < -0.4 is 5.32 Å². The summed E-state index contributed by atoms with van der Waals surface area (Å²) in [5.41, 5.74) is 1.69. The Bertz CT molecular complexity index is 231. The molecule has 0 aromatic heterocycles. The fraction of sp³-hybridized carbons (Fsp3) is 0.444. The summed E-state index contributed by atoms with van der Waals surface area (Å²) in [5, 5.41) is 10.7. The van der Waals surface area contributed by atoms with Crippen molar-refractivity contribution in [1.29, 1.82) is 5.41 Å². The SMILES string of the molecule is CCN/C=C1/CC(Br)C=CC1=N. The van der Waals surface area contributed by atoms with Crippen molar-refractivity contribution in [3.63, 3.8) is 0 Å². The van der Waals surface area contributed by atoms with Gasteiger partial charge in [-0.05, 0) is 25.0 Å². The van der Waals surface area contributed by atoms with Crippen molar-refractivity contribution >= 4 is 21.6 Å². The van der Waals surface area contributed by atoms with E-state index in [1.54, 1.807) is 0 Å². The molecule has 2 N–H and O–H groups in total. The number of halogens is 1. The number of allylic oxidation sites excluding steroid dienone is 3. The molecule has 0 saturated heterocycles. The molecule has 1 atom stereocenters. The maximum absolute atomic E-state index is 7.60. The summed E-state index contributed by atoms with van der Waals surface area (Å²) in [5.74, 6) is 0. The van der Waals surface area contributed by atoms with Crippen molar-refractivity contribution in [3.8, 4) is 0 Å². The molecule has 2 nitrogen and oxygen atoms in total. The van der Waals surface area contributed by atoms with Crippen LogP contribution in [0.1, 0.15) is 13.3 Å². The molecule has 66 valence electrons. The van der Waals surface area contributed by atoms with Gasteiger partial charge in [-0.25, -0.2) is 0 Å². The summed E-state index contributed by atoms with van der Waals surface area (Å²) in [4.78, 5) is 0.386. The number of hydrogen-bond acceptors (Lipinski definition) is 2.